The second-order valence-corrected chi connectivity index (χ2v) is 32.4. The van der Waals surface area contributed by atoms with Crippen molar-refractivity contribution < 1.29 is 19.2 Å². The van der Waals surface area contributed by atoms with Crippen molar-refractivity contribution >= 4 is 29.2 Å². The van der Waals surface area contributed by atoms with E-state index in [0.717, 1.165) is 267 Å². The zero-order valence-corrected chi connectivity index (χ0v) is 71.9. The number of aryl methyl sites for hydroxylation is 7. The second kappa shape index (κ2) is 39.9. The first-order valence-corrected chi connectivity index (χ1v) is 44.3. The number of aromatic amines is 4. The van der Waals surface area contributed by atoms with Crippen LogP contribution in [0.5, 0.6) is 0 Å². The highest BCUT2D eigenvalue weighted by molar-refractivity contribution is 5.99. The van der Waals surface area contributed by atoms with Crippen molar-refractivity contribution in [1.82, 2.24) is 121 Å². The number of carbonyl (C=O) groups excluding carboxylic acids is 4. The number of benzene rings is 8. The molecule has 8 aromatic heterocycles. The molecule has 0 fully saturated rings. The fourth-order valence-corrected chi connectivity index (χ4v) is 17.6. The predicted molar refractivity (Wildman–Crippen MR) is 485 cm³/mol. The number of Topliss-reactive ketones (excluding diaryl/α,β-unsaturated/α-hetero) is 4. The van der Waals surface area contributed by atoms with E-state index in [0.29, 0.717) is 75.2 Å². The van der Waals surface area contributed by atoms with Gasteiger partial charge >= 0.3 is 0 Å². The average Bonchev–Trinajstić information content (AvgIpc) is 1.68. The van der Waals surface area contributed by atoms with Crippen molar-refractivity contribution in [3.05, 3.63) is 291 Å². The van der Waals surface area contributed by atoms with Crippen molar-refractivity contribution in [2.75, 3.05) is 0 Å². The van der Waals surface area contributed by atoms with E-state index >= 15 is 0 Å². The standard InChI is InChI=1S/C25H26N6O.C25H24N6O.C25H26N6O.C24H24N6O/c2*1-2-7-23-26-21-10-5-6-11-22(32)24(21)31(23)16-17-12-14-18(15-13-17)19-8-3-4-9-20(19)25-27-29-30-28-25;1-2-3-11-23-26-21-9-6-10-22(32)24(21)31(23)16-17-12-14-18(15-13-17)19-7-4-5-8-20(19)25-27-29-30-28-25;1-2-6-22-25-20-9-5-10-21(31)23(20)30(22)15-16-11-13-17(14-12-16)18-7-3-4-8-19(18)24-26-28-29-27-24/h3-4,8-9,12-15H,2,5-7,10-11,16H2,1H3,(H,27,28,29,30);2-4,7-9,12-15H,5-6,10-11,16H2,1H3,(H,27,28,29,30);4-5,7-8,12-15H,2-3,6,9-11,16H2,1H3,(H,27,28,29,30);3-4,7-8,11-14H,2,5-6,9-10,15H2,1H3,(H,26,27,28,29)/b;7-2+;;. The Morgan fingerprint density at radius 2 is 0.567 bits per heavy atom. The van der Waals surface area contributed by atoms with Crippen LogP contribution in [0.25, 0.3) is 96.1 Å². The third-order valence-corrected chi connectivity index (χ3v) is 23.7. The Hall–Kier alpha value is -14.7. The molecular formula is C99H100N24O4. The smallest absolute Gasteiger partial charge is 0.205 e. The van der Waals surface area contributed by atoms with E-state index in [4.69, 9.17) is 19.9 Å². The number of nitrogens with zero attached hydrogens (tertiary/aromatic N) is 20. The number of unbranched alkanes of at least 4 members (excludes halogenated alkanes) is 1. The number of hydrogen-bond acceptors (Lipinski definition) is 20. The number of ketones is 4. The van der Waals surface area contributed by atoms with Crippen molar-refractivity contribution in [2.45, 2.75) is 189 Å². The maximum Gasteiger partial charge on any atom is 0.205 e. The summed E-state index contributed by atoms with van der Waals surface area (Å²) in [5.74, 6) is 7.12. The number of carbonyl (C=O) groups is 4. The normalized spacial score (nSPS) is 13.6. The number of nitrogens with one attached hydrogen (secondary N) is 4. The fourth-order valence-electron chi connectivity index (χ4n) is 17.6. The third kappa shape index (κ3) is 19.0. The highest BCUT2D eigenvalue weighted by Gasteiger charge is 2.31. The van der Waals surface area contributed by atoms with Crippen LogP contribution in [0.15, 0.2) is 200 Å². The van der Waals surface area contributed by atoms with Crippen molar-refractivity contribution in [1.29, 1.82) is 0 Å². The summed E-state index contributed by atoms with van der Waals surface area (Å²) < 4.78 is 8.54. The van der Waals surface area contributed by atoms with Gasteiger partial charge in [0, 0.05) is 93.4 Å². The van der Waals surface area contributed by atoms with Gasteiger partial charge in [0.2, 0.25) is 23.3 Å². The number of fused-ring (bicyclic) bond motifs is 4. The van der Waals surface area contributed by atoms with Gasteiger partial charge in [0.25, 0.3) is 0 Å². The maximum atomic E-state index is 12.8. The van der Waals surface area contributed by atoms with Crippen LogP contribution >= 0.6 is 0 Å². The summed E-state index contributed by atoms with van der Waals surface area (Å²) in [5, 5.41) is 57.9. The molecule has 4 N–H and O–H groups in total. The van der Waals surface area contributed by atoms with Gasteiger partial charge in [0.15, 0.2) is 23.1 Å². The van der Waals surface area contributed by atoms with Gasteiger partial charge in [-0.2, -0.15) is 20.9 Å². The first kappa shape index (κ1) is 84.5. The molecule has 28 nitrogen and oxygen atoms in total. The zero-order valence-electron chi connectivity index (χ0n) is 71.9. The summed E-state index contributed by atoms with van der Waals surface area (Å²) in [5.41, 5.74) is 24.0. The van der Waals surface area contributed by atoms with Gasteiger partial charge in [-0.15, -0.1) is 40.8 Å². The third-order valence-electron chi connectivity index (χ3n) is 23.7. The molecule has 0 atom stereocenters. The highest BCUT2D eigenvalue weighted by Crippen LogP contribution is 2.37. The lowest BCUT2D eigenvalue weighted by Crippen LogP contribution is -2.17. The minimum absolute atomic E-state index is 0.200. The van der Waals surface area contributed by atoms with Crippen LogP contribution in [-0.2, 0) is 71.1 Å². The maximum absolute atomic E-state index is 12.8. The molecule has 8 aromatic carbocycles. The van der Waals surface area contributed by atoms with Crippen LogP contribution in [0.3, 0.4) is 0 Å². The lowest BCUT2D eigenvalue weighted by Gasteiger charge is -2.15. The Labute approximate surface area is 735 Å². The van der Waals surface area contributed by atoms with Gasteiger partial charge in [0.05, 0.1) is 22.8 Å². The van der Waals surface area contributed by atoms with E-state index < -0.39 is 0 Å². The molecule has 0 aliphatic heterocycles. The molecule has 127 heavy (non-hydrogen) atoms. The molecule has 16 aromatic rings. The first-order chi connectivity index (χ1) is 62.5. The van der Waals surface area contributed by atoms with Crippen molar-refractivity contribution in [3.8, 4) is 90.1 Å². The number of allylic oxidation sites excluding steroid dienone is 1. The molecule has 28 heteroatoms. The molecule has 4 aliphatic carbocycles. The van der Waals surface area contributed by atoms with Gasteiger partial charge in [-0.05, 0) is 184 Å². The molecule has 0 unspecified atom stereocenters. The van der Waals surface area contributed by atoms with Gasteiger partial charge in [-0.25, -0.2) is 19.9 Å². The number of rotatable bonds is 24. The van der Waals surface area contributed by atoms with Crippen LogP contribution in [-0.4, -0.2) is 144 Å². The number of hydrogen-bond donors (Lipinski definition) is 4. The van der Waals surface area contributed by atoms with Crippen LogP contribution in [0.4, 0.5) is 0 Å². The van der Waals surface area contributed by atoms with Gasteiger partial charge < -0.3 is 18.3 Å². The minimum atomic E-state index is 0.200. The van der Waals surface area contributed by atoms with Crippen LogP contribution in [0.2, 0.25) is 0 Å². The Morgan fingerprint density at radius 3 is 0.858 bits per heavy atom. The molecule has 0 amide bonds. The number of H-pyrrole nitrogens is 4. The van der Waals surface area contributed by atoms with Crippen LogP contribution in [0, 0.1) is 0 Å². The molecular weight excluding hydrogens is 1590 g/mol. The Kier molecular flexibility index (Phi) is 26.5. The number of imidazole rings is 4. The van der Waals surface area contributed by atoms with Crippen molar-refractivity contribution in [2.24, 2.45) is 0 Å². The van der Waals surface area contributed by atoms with Gasteiger partial charge in [-0.3, -0.25) is 19.2 Å². The quantitative estimate of drug-likeness (QED) is 0.0408. The fraction of sp³-hybridized carbons (Fsp3) is 0.293. The lowest BCUT2D eigenvalue weighted by molar-refractivity contribution is 0.0955. The molecule has 0 spiro atoms. The molecule has 640 valence electrons. The summed E-state index contributed by atoms with van der Waals surface area (Å²) in [4.78, 5) is 70.3. The van der Waals surface area contributed by atoms with Crippen LogP contribution < -0.4 is 0 Å². The molecule has 20 rings (SSSR count). The largest absolute Gasteiger partial charge is 0.321 e. The van der Waals surface area contributed by atoms with E-state index in [1.807, 2.05) is 91.9 Å². The highest BCUT2D eigenvalue weighted by atomic mass is 16.1. The summed E-state index contributed by atoms with van der Waals surface area (Å²) in [6.45, 7) is 11.1. The monoisotopic (exact) mass is 1690 g/mol. The Balaban J connectivity index is 0.000000119. The van der Waals surface area contributed by atoms with E-state index in [-0.39, 0.29) is 23.1 Å². The van der Waals surface area contributed by atoms with E-state index in [9.17, 15) is 19.2 Å². The minimum Gasteiger partial charge on any atom is -0.321 e. The first-order valence-electron chi connectivity index (χ1n) is 44.3. The summed E-state index contributed by atoms with van der Waals surface area (Å²) in [7, 11) is 0. The summed E-state index contributed by atoms with van der Waals surface area (Å²) in [6, 6.07) is 66.0. The molecule has 0 saturated carbocycles. The van der Waals surface area contributed by atoms with Gasteiger partial charge in [-0.1, -0.05) is 227 Å². The average molecular weight is 1690 g/mol. The molecule has 0 bridgehead atoms. The SMILES string of the molecule is C/C=C/c1nc2c(n1Cc1ccc(-c3ccccc3-c3nn[nH]n3)cc1)C(=O)CCCC2.CCCCc1nc2c(n1Cc1ccc(-c3ccccc3-c3nn[nH]n3)cc1)C(=O)CCC2.CCCc1nc2c(n1Cc1ccc(-c3ccccc3-c3nn[nH]n3)cc1)C(=O)CCC2.CCCc1nc2c(n1Cc1ccc(-c3ccccc3-c3nn[nH]n3)cc1)C(=O)CCCC2. The number of tetrazole rings is 4. The van der Waals surface area contributed by atoms with E-state index in [1.54, 1.807) is 0 Å². The Bertz CT molecular complexity index is 6500. The molecule has 0 radical (unpaired) electrons. The molecule has 8 heterocycles. The van der Waals surface area contributed by atoms with Crippen molar-refractivity contribution in [3.63, 3.8) is 0 Å². The van der Waals surface area contributed by atoms with Crippen LogP contribution in [0.1, 0.15) is 228 Å². The molecule has 4 aliphatic rings. The second-order valence-electron chi connectivity index (χ2n) is 32.4. The topological polar surface area (TPSA) is 357 Å². The molecule has 0 saturated heterocycles. The van der Waals surface area contributed by atoms with Gasteiger partial charge in [0.1, 0.15) is 46.1 Å². The predicted octanol–water partition coefficient (Wildman–Crippen LogP) is 18.3. The Morgan fingerprint density at radius 1 is 0.299 bits per heavy atom. The van der Waals surface area contributed by atoms with E-state index in [1.165, 1.54) is 0 Å². The number of aromatic nitrogens is 24. The zero-order chi connectivity index (χ0) is 87.0. The van der Waals surface area contributed by atoms with E-state index in [2.05, 4.69) is 243 Å². The summed E-state index contributed by atoms with van der Waals surface area (Å²) >= 11 is 0. The lowest BCUT2D eigenvalue weighted by atomic mass is 9.98. The summed E-state index contributed by atoms with van der Waals surface area (Å²) in [6.07, 6.45) is 22.6.